The van der Waals surface area contributed by atoms with Crippen LogP contribution in [0.1, 0.15) is 35.7 Å². The monoisotopic (exact) mass is 411 g/mol. The molecule has 146 valence electrons. The summed E-state index contributed by atoms with van der Waals surface area (Å²) >= 11 is 3.44. The van der Waals surface area contributed by atoms with Gasteiger partial charge in [-0.2, -0.15) is 0 Å². The second-order valence-electron chi connectivity index (χ2n) is 7.35. The highest BCUT2D eigenvalue weighted by Gasteiger charge is 2.24. The van der Waals surface area contributed by atoms with Crippen LogP contribution in [0.3, 0.4) is 0 Å². The quantitative estimate of drug-likeness (QED) is 0.560. The molecule has 6 heteroatoms. The van der Waals surface area contributed by atoms with Crippen molar-refractivity contribution in [3.8, 4) is 0 Å². The van der Waals surface area contributed by atoms with E-state index >= 15 is 0 Å². The molecule has 0 radical (unpaired) electrons. The number of carbonyl (C=O) groups excluding carboxylic acids is 1. The number of nitrogens with zero attached hydrogens (tertiary/aromatic N) is 3. The predicted molar refractivity (Wildman–Crippen MR) is 120 cm³/mol. The number of anilines is 1. The Morgan fingerprint density at radius 3 is 2.43 bits per heavy atom. The smallest absolute Gasteiger partial charge is 0.253 e. The van der Waals surface area contributed by atoms with Crippen LogP contribution >= 0.6 is 23.1 Å². The number of hydrogen-bond donors (Lipinski definition) is 0. The third-order valence-corrected chi connectivity index (χ3v) is 7.06. The minimum absolute atomic E-state index is 0.124. The molecule has 1 aromatic heterocycles. The standard InChI is InChI=1S/C22H25N3OS2/c1-15(2)18-5-4-6-19-20(18)23-22(28-19)25-13-11-24(12-14-25)21(26)16-7-9-17(27-3)10-8-16/h4-10,15H,11-14H2,1-3H3. The molecule has 4 rings (SSSR count). The molecule has 1 saturated heterocycles. The van der Waals surface area contributed by atoms with Gasteiger partial charge in [0.25, 0.3) is 5.91 Å². The Labute approximate surface area is 174 Å². The molecule has 4 nitrogen and oxygen atoms in total. The number of para-hydroxylation sites is 1. The van der Waals surface area contributed by atoms with Crippen LogP contribution in [0.25, 0.3) is 10.2 Å². The number of benzene rings is 2. The van der Waals surface area contributed by atoms with E-state index in [1.807, 2.05) is 35.4 Å². The van der Waals surface area contributed by atoms with E-state index in [4.69, 9.17) is 4.98 Å². The van der Waals surface area contributed by atoms with Crippen molar-refractivity contribution in [2.45, 2.75) is 24.7 Å². The van der Waals surface area contributed by atoms with Crippen molar-refractivity contribution < 1.29 is 4.79 Å². The number of piperazine rings is 1. The van der Waals surface area contributed by atoms with Crippen molar-refractivity contribution in [1.29, 1.82) is 0 Å². The van der Waals surface area contributed by atoms with E-state index in [0.717, 1.165) is 42.4 Å². The van der Waals surface area contributed by atoms with Crippen molar-refractivity contribution in [3.05, 3.63) is 53.6 Å². The third kappa shape index (κ3) is 3.76. The zero-order valence-electron chi connectivity index (χ0n) is 16.5. The van der Waals surface area contributed by atoms with Gasteiger partial charge >= 0.3 is 0 Å². The first-order valence-electron chi connectivity index (χ1n) is 9.64. The molecule has 1 aliphatic rings. The van der Waals surface area contributed by atoms with Gasteiger partial charge in [0, 0.05) is 36.6 Å². The van der Waals surface area contributed by atoms with E-state index < -0.39 is 0 Å². The first-order valence-corrected chi connectivity index (χ1v) is 11.7. The fourth-order valence-electron chi connectivity index (χ4n) is 3.58. The average Bonchev–Trinajstić information content (AvgIpc) is 3.17. The maximum Gasteiger partial charge on any atom is 0.253 e. The summed E-state index contributed by atoms with van der Waals surface area (Å²) in [4.78, 5) is 23.2. The highest BCUT2D eigenvalue weighted by Crippen LogP contribution is 2.33. The Balaban J connectivity index is 1.46. The van der Waals surface area contributed by atoms with Gasteiger partial charge in [0.2, 0.25) is 0 Å². The summed E-state index contributed by atoms with van der Waals surface area (Å²) in [6.45, 7) is 7.54. The topological polar surface area (TPSA) is 36.4 Å². The van der Waals surface area contributed by atoms with E-state index in [0.29, 0.717) is 5.92 Å². The fourth-order valence-corrected chi connectivity index (χ4v) is 5.04. The van der Waals surface area contributed by atoms with E-state index in [-0.39, 0.29) is 5.91 Å². The van der Waals surface area contributed by atoms with Gasteiger partial charge in [0.05, 0.1) is 10.2 Å². The molecule has 1 fully saturated rings. The molecule has 2 aromatic carbocycles. The number of aromatic nitrogens is 1. The lowest BCUT2D eigenvalue weighted by molar-refractivity contribution is 0.0746. The van der Waals surface area contributed by atoms with E-state index in [2.05, 4.69) is 36.9 Å². The van der Waals surface area contributed by atoms with Crippen LogP contribution in [-0.2, 0) is 0 Å². The van der Waals surface area contributed by atoms with E-state index in [1.54, 1.807) is 23.1 Å². The third-order valence-electron chi connectivity index (χ3n) is 5.24. The van der Waals surface area contributed by atoms with Crippen molar-refractivity contribution in [3.63, 3.8) is 0 Å². The number of fused-ring (bicyclic) bond motifs is 1. The molecule has 0 atom stereocenters. The lowest BCUT2D eigenvalue weighted by Crippen LogP contribution is -2.48. The van der Waals surface area contributed by atoms with Crippen molar-refractivity contribution in [1.82, 2.24) is 9.88 Å². The summed E-state index contributed by atoms with van der Waals surface area (Å²) in [6, 6.07) is 14.3. The van der Waals surface area contributed by atoms with Crippen LogP contribution in [0.5, 0.6) is 0 Å². The minimum atomic E-state index is 0.124. The SMILES string of the molecule is CSc1ccc(C(=O)N2CCN(c3nc4c(C(C)C)cccc4s3)CC2)cc1. The number of amides is 1. The Morgan fingerprint density at radius 2 is 1.79 bits per heavy atom. The zero-order valence-corrected chi connectivity index (χ0v) is 18.1. The zero-order chi connectivity index (χ0) is 19.7. The molecular weight excluding hydrogens is 386 g/mol. The van der Waals surface area contributed by atoms with Gasteiger partial charge in [-0.25, -0.2) is 4.98 Å². The maximum absolute atomic E-state index is 12.8. The second kappa shape index (κ2) is 8.13. The average molecular weight is 412 g/mol. The van der Waals surface area contributed by atoms with Crippen LogP contribution in [0.15, 0.2) is 47.4 Å². The van der Waals surface area contributed by atoms with Crippen molar-refractivity contribution in [2.75, 3.05) is 37.3 Å². The molecule has 0 spiro atoms. The number of carbonyl (C=O) groups is 1. The number of thiazole rings is 1. The number of thioether (sulfide) groups is 1. The first kappa shape index (κ1) is 19.3. The molecule has 1 amide bonds. The van der Waals surface area contributed by atoms with Crippen LogP contribution in [0.4, 0.5) is 5.13 Å². The molecule has 0 bridgehead atoms. The van der Waals surface area contributed by atoms with Gasteiger partial charge in [-0.15, -0.1) is 11.8 Å². The van der Waals surface area contributed by atoms with E-state index in [1.165, 1.54) is 15.2 Å². The van der Waals surface area contributed by atoms with E-state index in [9.17, 15) is 4.79 Å². The second-order valence-corrected chi connectivity index (χ2v) is 9.24. The minimum Gasteiger partial charge on any atom is -0.345 e. The van der Waals surface area contributed by atoms with Crippen LogP contribution in [0.2, 0.25) is 0 Å². The summed E-state index contributed by atoms with van der Waals surface area (Å²) < 4.78 is 1.24. The molecule has 2 heterocycles. The molecule has 28 heavy (non-hydrogen) atoms. The Hall–Kier alpha value is -2.05. The van der Waals surface area contributed by atoms with Crippen LogP contribution in [0, 0.1) is 0 Å². The van der Waals surface area contributed by atoms with Crippen molar-refractivity contribution in [2.24, 2.45) is 0 Å². The normalized spacial score (nSPS) is 14.9. The molecule has 0 saturated carbocycles. The van der Waals surface area contributed by atoms with Gasteiger partial charge in [0.1, 0.15) is 0 Å². The molecular formula is C22H25N3OS2. The maximum atomic E-state index is 12.8. The van der Waals surface area contributed by atoms with Crippen LogP contribution < -0.4 is 4.90 Å². The molecule has 0 N–H and O–H groups in total. The lowest BCUT2D eigenvalue weighted by Gasteiger charge is -2.34. The van der Waals surface area contributed by atoms with Gasteiger partial charge in [0.15, 0.2) is 5.13 Å². The summed E-state index contributed by atoms with van der Waals surface area (Å²) in [5, 5.41) is 1.07. The fraction of sp³-hybridized carbons (Fsp3) is 0.364. The Morgan fingerprint density at radius 1 is 1.07 bits per heavy atom. The highest BCUT2D eigenvalue weighted by molar-refractivity contribution is 7.98. The summed E-state index contributed by atoms with van der Waals surface area (Å²) in [6.07, 6.45) is 2.04. The number of rotatable bonds is 4. The highest BCUT2D eigenvalue weighted by atomic mass is 32.2. The first-order chi connectivity index (χ1) is 13.6. The largest absolute Gasteiger partial charge is 0.345 e. The number of hydrogen-bond acceptors (Lipinski definition) is 5. The van der Waals surface area contributed by atoms with Gasteiger partial charge in [-0.1, -0.05) is 37.3 Å². The van der Waals surface area contributed by atoms with Gasteiger partial charge in [-0.05, 0) is 48.1 Å². The Kier molecular flexibility index (Phi) is 5.60. The Bertz CT molecular complexity index is 973. The van der Waals surface area contributed by atoms with Crippen LogP contribution in [-0.4, -0.2) is 48.2 Å². The molecule has 3 aromatic rings. The lowest BCUT2D eigenvalue weighted by atomic mass is 10.0. The van der Waals surface area contributed by atoms with Crippen molar-refractivity contribution >= 4 is 44.4 Å². The summed E-state index contributed by atoms with van der Waals surface area (Å²) in [5.41, 5.74) is 3.21. The van der Waals surface area contributed by atoms with Gasteiger partial charge < -0.3 is 9.80 Å². The molecule has 1 aliphatic heterocycles. The summed E-state index contributed by atoms with van der Waals surface area (Å²) in [5.74, 6) is 0.587. The van der Waals surface area contributed by atoms with Gasteiger partial charge in [-0.3, -0.25) is 4.79 Å². The predicted octanol–water partition coefficient (Wildman–Crippen LogP) is 5.10. The molecule has 0 unspecified atom stereocenters. The summed E-state index contributed by atoms with van der Waals surface area (Å²) in [7, 11) is 0. The molecule has 0 aliphatic carbocycles.